The fraction of sp³-hybridized carbons (Fsp3) is 0.300. The third-order valence-electron chi connectivity index (χ3n) is 4.62. The van der Waals surface area contributed by atoms with E-state index in [1.165, 1.54) is 28.4 Å². The lowest BCUT2D eigenvalue weighted by Crippen LogP contribution is -2.37. The van der Waals surface area contributed by atoms with Crippen LogP contribution in [0.2, 0.25) is 0 Å². The highest BCUT2D eigenvalue weighted by Gasteiger charge is 2.28. The first-order chi connectivity index (χ1) is 14.4. The van der Waals surface area contributed by atoms with Gasteiger partial charge < -0.3 is 14.4 Å². The number of amides is 1. The summed E-state index contributed by atoms with van der Waals surface area (Å²) >= 11 is 1.34. The van der Waals surface area contributed by atoms with Crippen molar-refractivity contribution in [1.82, 2.24) is 9.88 Å². The number of carbonyl (C=O) groups excluding carboxylic acids is 1. The van der Waals surface area contributed by atoms with Gasteiger partial charge in [0.1, 0.15) is 18.8 Å². The Bertz CT molecular complexity index is 1070. The molecular weight excluding hydrogens is 408 g/mol. The Balaban J connectivity index is 1.75. The third-order valence-corrected chi connectivity index (χ3v) is 5.66. The Morgan fingerprint density at radius 1 is 1.17 bits per heavy atom. The van der Waals surface area contributed by atoms with Crippen molar-refractivity contribution in [3.63, 3.8) is 0 Å². The lowest BCUT2D eigenvalue weighted by molar-refractivity contribution is -0.385. The van der Waals surface area contributed by atoms with Crippen LogP contribution in [-0.4, -0.2) is 61.1 Å². The summed E-state index contributed by atoms with van der Waals surface area (Å²) in [5, 5.41) is 11.9. The van der Waals surface area contributed by atoms with Crippen molar-refractivity contribution in [1.29, 1.82) is 0 Å². The molecule has 1 aromatic heterocycles. The summed E-state index contributed by atoms with van der Waals surface area (Å²) in [5.74, 6) is 0.810. The molecule has 1 aliphatic rings. The molecule has 0 radical (unpaired) electrons. The highest BCUT2D eigenvalue weighted by molar-refractivity contribution is 7.22. The number of nitro benzene ring substituents is 1. The van der Waals surface area contributed by atoms with Crippen molar-refractivity contribution >= 4 is 38.3 Å². The molecule has 2 aromatic carbocycles. The van der Waals surface area contributed by atoms with Gasteiger partial charge in [-0.2, -0.15) is 0 Å². The summed E-state index contributed by atoms with van der Waals surface area (Å²) in [6, 6.07) is 9.61. The minimum absolute atomic E-state index is 0.0338. The molecular formula is C20H20N4O5S. The fourth-order valence-corrected chi connectivity index (χ4v) is 4.11. The molecule has 2 heterocycles. The zero-order chi connectivity index (χ0) is 21.3. The van der Waals surface area contributed by atoms with Gasteiger partial charge in [0.15, 0.2) is 16.6 Å². The zero-order valence-corrected chi connectivity index (χ0v) is 17.3. The average molecular weight is 428 g/mol. The van der Waals surface area contributed by atoms with E-state index in [1.807, 2.05) is 25.1 Å². The number of fused-ring (bicyclic) bond motifs is 2. The molecule has 0 saturated heterocycles. The van der Waals surface area contributed by atoms with Crippen LogP contribution in [-0.2, 0) is 0 Å². The molecule has 156 valence electrons. The number of hydrogen-bond acceptors (Lipinski definition) is 8. The van der Waals surface area contributed by atoms with E-state index in [0.717, 1.165) is 4.70 Å². The van der Waals surface area contributed by atoms with Crippen LogP contribution < -0.4 is 14.4 Å². The van der Waals surface area contributed by atoms with Crippen LogP contribution in [0.3, 0.4) is 0 Å². The number of nitro groups is 1. The van der Waals surface area contributed by atoms with Crippen molar-refractivity contribution in [3.8, 4) is 11.5 Å². The van der Waals surface area contributed by atoms with Gasteiger partial charge in [0, 0.05) is 31.3 Å². The predicted molar refractivity (Wildman–Crippen MR) is 114 cm³/mol. The number of thiazole rings is 1. The molecule has 0 saturated carbocycles. The fourth-order valence-electron chi connectivity index (χ4n) is 3.11. The largest absolute Gasteiger partial charge is 0.486 e. The number of rotatable bonds is 6. The van der Waals surface area contributed by atoms with Crippen molar-refractivity contribution in [3.05, 3.63) is 52.1 Å². The van der Waals surface area contributed by atoms with E-state index >= 15 is 0 Å². The first-order valence-electron chi connectivity index (χ1n) is 9.34. The maximum Gasteiger partial charge on any atom is 0.282 e. The number of likely N-dealkylation sites (N-methyl/N-ethyl adjacent to an activating group) is 1. The van der Waals surface area contributed by atoms with Crippen LogP contribution in [0.1, 0.15) is 10.4 Å². The van der Waals surface area contributed by atoms with E-state index in [2.05, 4.69) is 4.98 Å². The average Bonchev–Trinajstić information content (AvgIpc) is 3.14. The number of ether oxygens (including phenoxy) is 2. The van der Waals surface area contributed by atoms with Gasteiger partial charge >= 0.3 is 0 Å². The highest BCUT2D eigenvalue weighted by atomic mass is 32.1. The summed E-state index contributed by atoms with van der Waals surface area (Å²) in [6.07, 6.45) is 0. The highest BCUT2D eigenvalue weighted by Crippen LogP contribution is 2.39. The topological polar surface area (TPSA) is 98.0 Å². The standard InChI is InChI=1S/C20H20N4O5S/c1-22(2)7-8-23(19(25)13-5-3-4-6-15(13)24(26)27)20-21-14-11-16-17(12-18(14)30-20)29-10-9-28-16/h3-6,11-12H,7-10H2,1-2H3. The second-order valence-corrected chi connectivity index (χ2v) is 8.00. The van der Waals surface area contributed by atoms with E-state index < -0.39 is 10.8 Å². The van der Waals surface area contributed by atoms with Gasteiger partial charge in [0.25, 0.3) is 11.6 Å². The third kappa shape index (κ3) is 3.91. The maximum atomic E-state index is 13.3. The Morgan fingerprint density at radius 3 is 2.57 bits per heavy atom. The summed E-state index contributed by atoms with van der Waals surface area (Å²) in [4.78, 5) is 32.3. The smallest absolute Gasteiger partial charge is 0.282 e. The molecule has 4 rings (SSSR count). The van der Waals surface area contributed by atoms with Crippen molar-refractivity contribution in [2.45, 2.75) is 0 Å². The number of nitrogens with zero attached hydrogens (tertiary/aromatic N) is 4. The van der Waals surface area contributed by atoms with Gasteiger partial charge in [-0.25, -0.2) is 4.98 Å². The lowest BCUT2D eigenvalue weighted by atomic mass is 10.1. The van der Waals surface area contributed by atoms with Gasteiger partial charge in [-0.1, -0.05) is 23.5 Å². The van der Waals surface area contributed by atoms with Crippen molar-refractivity contribution in [2.24, 2.45) is 0 Å². The van der Waals surface area contributed by atoms with Crippen LogP contribution in [0.4, 0.5) is 10.8 Å². The minimum atomic E-state index is -0.543. The van der Waals surface area contributed by atoms with Gasteiger partial charge in [0.2, 0.25) is 0 Å². The second-order valence-electron chi connectivity index (χ2n) is 6.99. The Labute approximate surface area is 176 Å². The minimum Gasteiger partial charge on any atom is -0.486 e. The van der Waals surface area contributed by atoms with E-state index in [4.69, 9.17) is 9.47 Å². The SMILES string of the molecule is CN(C)CCN(C(=O)c1ccccc1[N+](=O)[O-])c1nc2cc3c(cc2s1)OCCO3. The van der Waals surface area contributed by atoms with Gasteiger partial charge in [0.05, 0.1) is 15.1 Å². The van der Waals surface area contributed by atoms with Crippen LogP contribution in [0.15, 0.2) is 36.4 Å². The van der Waals surface area contributed by atoms with Crippen LogP contribution >= 0.6 is 11.3 Å². The molecule has 9 nitrogen and oxygen atoms in total. The Kier molecular flexibility index (Phi) is 5.51. The molecule has 0 atom stereocenters. The second kappa shape index (κ2) is 8.25. The van der Waals surface area contributed by atoms with Gasteiger partial charge in [-0.3, -0.25) is 19.8 Å². The van der Waals surface area contributed by atoms with E-state index in [-0.39, 0.29) is 11.3 Å². The van der Waals surface area contributed by atoms with Crippen LogP contribution in [0.5, 0.6) is 11.5 Å². The van der Waals surface area contributed by atoms with Crippen LogP contribution in [0.25, 0.3) is 10.2 Å². The number of hydrogen-bond donors (Lipinski definition) is 0. The molecule has 0 N–H and O–H groups in total. The predicted octanol–water partition coefficient (Wildman–Crippen LogP) is 3.18. The molecule has 30 heavy (non-hydrogen) atoms. The Hall–Kier alpha value is -3.24. The zero-order valence-electron chi connectivity index (χ0n) is 16.5. The molecule has 1 aliphatic heterocycles. The molecule has 3 aromatic rings. The molecule has 0 unspecified atom stereocenters. The van der Waals surface area contributed by atoms with Gasteiger partial charge in [-0.15, -0.1) is 0 Å². The number of carbonyl (C=O) groups is 1. The van der Waals surface area contributed by atoms with Gasteiger partial charge in [-0.05, 0) is 20.2 Å². The summed E-state index contributed by atoms with van der Waals surface area (Å²) in [6.45, 7) is 1.87. The maximum absolute atomic E-state index is 13.3. The quantitative estimate of drug-likeness (QED) is 0.439. The first-order valence-corrected chi connectivity index (χ1v) is 10.2. The normalized spacial score (nSPS) is 12.9. The molecule has 1 amide bonds. The monoisotopic (exact) mass is 428 g/mol. The number of benzene rings is 2. The molecule has 0 bridgehead atoms. The molecule has 0 aliphatic carbocycles. The molecule has 0 spiro atoms. The summed E-state index contributed by atoms with van der Waals surface area (Å²) in [5.41, 5.74) is 0.492. The number of para-hydroxylation sites is 1. The summed E-state index contributed by atoms with van der Waals surface area (Å²) < 4.78 is 12.1. The van der Waals surface area contributed by atoms with Crippen molar-refractivity contribution in [2.75, 3.05) is 45.3 Å². The first kappa shape index (κ1) is 20.0. The lowest BCUT2D eigenvalue weighted by Gasteiger charge is -2.21. The Morgan fingerprint density at radius 2 is 1.87 bits per heavy atom. The number of anilines is 1. The van der Waals surface area contributed by atoms with Crippen molar-refractivity contribution < 1.29 is 19.2 Å². The van der Waals surface area contributed by atoms with E-state index in [0.29, 0.717) is 48.5 Å². The molecule has 0 fully saturated rings. The molecule has 10 heteroatoms. The van der Waals surface area contributed by atoms with E-state index in [9.17, 15) is 14.9 Å². The van der Waals surface area contributed by atoms with Crippen LogP contribution in [0, 0.1) is 10.1 Å². The summed E-state index contributed by atoms with van der Waals surface area (Å²) in [7, 11) is 3.80. The number of aromatic nitrogens is 1. The van der Waals surface area contributed by atoms with E-state index in [1.54, 1.807) is 18.2 Å².